The molecule has 4 saturated carbocycles. The summed E-state index contributed by atoms with van der Waals surface area (Å²) in [5.41, 5.74) is 0.645. The van der Waals surface area contributed by atoms with Gasteiger partial charge in [-0.3, -0.25) is 4.79 Å². The summed E-state index contributed by atoms with van der Waals surface area (Å²) in [5, 5.41) is 21.9. The van der Waals surface area contributed by atoms with Gasteiger partial charge in [-0.05, 0) is 104 Å². The van der Waals surface area contributed by atoms with Gasteiger partial charge in [-0.15, -0.1) is 0 Å². The Kier molecular flexibility index (Phi) is 6.31. The molecule has 0 aromatic rings. The summed E-state index contributed by atoms with van der Waals surface area (Å²) in [6.07, 6.45) is 10.8. The van der Waals surface area contributed by atoms with Crippen molar-refractivity contribution in [3.8, 4) is 0 Å². The Morgan fingerprint density at radius 2 is 1.77 bits per heavy atom. The number of methoxy groups -OCH3 is 1. The Balaban J connectivity index is 1.60. The molecule has 4 aliphatic carbocycles. The SMILES string of the molecule is CC[C@H](CCC(=O)OC)[C@H]1CC[C@H]2[C@@H]3[C@H](O)C[C@@H]4C[C@H](O)CC[C@]4(C)[C@@]3(C)CC[C@]12C. The maximum absolute atomic E-state index is 11.8. The van der Waals surface area contributed by atoms with Gasteiger partial charge < -0.3 is 14.9 Å². The van der Waals surface area contributed by atoms with Crippen LogP contribution in [0, 0.1) is 45.8 Å². The van der Waals surface area contributed by atoms with Crippen molar-refractivity contribution < 1.29 is 19.7 Å². The molecular weight excluding hydrogens is 388 g/mol. The first-order chi connectivity index (χ1) is 14.6. The van der Waals surface area contributed by atoms with Crippen LogP contribution in [0.2, 0.25) is 0 Å². The average Bonchev–Trinajstić information content (AvgIpc) is 3.07. The van der Waals surface area contributed by atoms with Crippen molar-refractivity contribution in [3.63, 3.8) is 0 Å². The predicted molar refractivity (Wildman–Crippen MR) is 122 cm³/mol. The van der Waals surface area contributed by atoms with E-state index in [9.17, 15) is 15.0 Å². The molecule has 0 radical (unpaired) electrons. The minimum atomic E-state index is -0.244. The largest absolute Gasteiger partial charge is 0.469 e. The van der Waals surface area contributed by atoms with Crippen LogP contribution in [0.3, 0.4) is 0 Å². The van der Waals surface area contributed by atoms with Gasteiger partial charge in [0.25, 0.3) is 0 Å². The van der Waals surface area contributed by atoms with Crippen LogP contribution in [0.1, 0.15) is 98.3 Å². The lowest BCUT2D eigenvalue weighted by atomic mass is 9.37. The lowest BCUT2D eigenvalue weighted by Gasteiger charge is -2.68. The minimum Gasteiger partial charge on any atom is -0.469 e. The third-order valence-electron chi connectivity index (χ3n) is 11.6. The number of carbonyl (C=O) groups excluding carboxylic acids is 1. The van der Waals surface area contributed by atoms with Crippen LogP contribution < -0.4 is 0 Å². The molecule has 178 valence electrons. The fourth-order valence-electron chi connectivity index (χ4n) is 9.55. The van der Waals surface area contributed by atoms with Crippen LogP contribution in [0.4, 0.5) is 0 Å². The first-order valence-electron chi connectivity index (χ1n) is 13.0. The molecule has 4 aliphatic rings. The highest BCUT2D eigenvalue weighted by molar-refractivity contribution is 5.69. The minimum absolute atomic E-state index is 0.0875. The Labute approximate surface area is 189 Å². The molecular formula is C27H46O4. The van der Waals surface area contributed by atoms with Gasteiger partial charge in [0.1, 0.15) is 0 Å². The van der Waals surface area contributed by atoms with Crippen LogP contribution >= 0.6 is 0 Å². The summed E-state index contributed by atoms with van der Waals surface area (Å²) in [4.78, 5) is 11.8. The first kappa shape index (κ1) is 23.5. The lowest BCUT2D eigenvalue weighted by Crippen LogP contribution is -2.64. The van der Waals surface area contributed by atoms with Crippen LogP contribution in [0.15, 0.2) is 0 Å². The van der Waals surface area contributed by atoms with E-state index >= 15 is 0 Å². The molecule has 0 aliphatic heterocycles. The summed E-state index contributed by atoms with van der Waals surface area (Å²) in [6.45, 7) is 9.77. The van der Waals surface area contributed by atoms with Gasteiger partial charge >= 0.3 is 5.97 Å². The number of ether oxygens (including phenoxy) is 1. The zero-order valence-electron chi connectivity index (χ0n) is 20.5. The number of aliphatic hydroxyl groups is 2. The molecule has 0 amide bonds. The lowest BCUT2D eigenvalue weighted by molar-refractivity contribution is -0.224. The summed E-state index contributed by atoms with van der Waals surface area (Å²) >= 11 is 0. The van der Waals surface area contributed by atoms with E-state index in [-0.39, 0.29) is 34.4 Å². The van der Waals surface area contributed by atoms with E-state index in [4.69, 9.17) is 4.74 Å². The van der Waals surface area contributed by atoms with Crippen LogP contribution in [0.25, 0.3) is 0 Å². The van der Waals surface area contributed by atoms with Crippen molar-refractivity contribution in [2.75, 3.05) is 7.11 Å². The van der Waals surface area contributed by atoms with Gasteiger partial charge in [-0.2, -0.15) is 0 Å². The Morgan fingerprint density at radius 1 is 1.03 bits per heavy atom. The zero-order chi connectivity index (χ0) is 22.6. The van der Waals surface area contributed by atoms with Gasteiger partial charge in [-0.25, -0.2) is 0 Å². The third kappa shape index (κ3) is 3.50. The number of fused-ring (bicyclic) bond motifs is 5. The third-order valence-corrected chi connectivity index (χ3v) is 11.6. The van der Waals surface area contributed by atoms with E-state index in [1.54, 1.807) is 0 Å². The average molecular weight is 435 g/mol. The summed E-state index contributed by atoms with van der Waals surface area (Å²) in [6, 6.07) is 0. The standard InChI is InChI=1S/C27H46O4/c1-6-17(7-10-23(30)31-5)20-8-9-21-24-22(29)16-18-15-19(28)11-12-26(18,3)27(24,4)14-13-25(20,21)2/h17-22,24,28-29H,6-16H2,1-5H3/t17-,18+,19-,20-,21+,22-,24-,25-,26+,27+/m1/s1. The van der Waals surface area contributed by atoms with Gasteiger partial charge in [-0.1, -0.05) is 34.1 Å². The Bertz CT molecular complexity index is 678. The number of carbonyl (C=O) groups is 1. The van der Waals surface area contributed by atoms with Gasteiger partial charge in [0, 0.05) is 6.42 Å². The van der Waals surface area contributed by atoms with Crippen molar-refractivity contribution >= 4 is 5.97 Å². The van der Waals surface area contributed by atoms with E-state index < -0.39 is 0 Å². The molecule has 4 rings (SSSR count). The number of esters is 1. The van der Waals surface area contributed by atoms with E-state index in [2.05, 4.69) is 27.7 Å². The van der Waals surface area contributed by atoms with E-state index in [1.807, 2.05) is 0 Å². The highest BCUT2D eigenvalue weighted by Gasteiger charge is 2.67. The number of aliphatic hydroxyl groups excluding tert-OH is 2. The molecule has 4 heteroatoms. The highest BCUT2D eigenvalue weighted by atomic mass is 16.5. The molecule has 2 N–H and O–H groups in total. The zero-order valence-corrected chi connectivity index (χ0v) is 20.5. The second kappa shape index (κ2) is 8.31. The predicted octanol–water partition coefficient (Wildman–Crippen LogP) is 5.35. The number of hydrogen-bond donors (Lipinski definition) is 2. The normalized spacial score (nSPS) is 50.2. The molecule has 4 nitrogen and oxygen atoms in total. The molecule has 4 fully saturated rings. The van der Waals surface area contributed by atoms with E-state index in [0.29, 0.717) is 36.0 Å². The van der Waals surface area contributed by atoms with E-state index in [1.165, 1.54) is 32.8 Å². The molecule has 0 unspecified atom stereocenters. The maximum Gasteiger partial charge on any atom is 0.305 e. The van der Waals surface area contributed by atoms with E-state index in [0.717, 1.165) is 38.5 Å². The first-order valence-corrected chi connectivity index (χ1v) is 13.0. The van der Waals surface area contributed by atoms with Gasteiger partial charge in [0.15, 0.2) is 0 Å². The van der Waals surface area contributed by atoms with Crippen molar-refractivity contribution in [3.05, 3.63) is 0 Å². The maximum atomic E-state index is 11.8. The highest BCUT2D eigenvalue weighted by Crippen LogP contribution is 2.73. The van der Waals surface area contributed by atoms with Crippen molar-refractivity contribution in [1.82, 2.24) is 0 Å². The molecule has 31 heavy (non-hydrogen) atoms. The van der Waals surface area contributed by atoms with Crippen molar-refractivity contribution in [2.24, 2.45) is 45.8 Å². The van der Waals surface area contributed by atoms with Crippen LogP contribution in [0.5, 0.6) is 0 Å². The van der Waals surface area contributed by atoms with Crippen molar-refractivity contribution in [1.29, 1.82) is 0 Å². The van der Waals surface area contributed by atoms with Crippen LogP contribution in [-0.4, -0.2) is 35.5 Å². The second-order valence-electron chi connectivity index (χ2n) is 12.4. The molecule has 10 atom stereocenters. The fourth-order valence-corrected chi connectivity index (χ4v) is 9.55. The Hall–Kier alpha value is -0.610. The smallest absolute Gasteiger partial charge is 0.305 e. The molecule has 0 spiro atoms. The van der Waals surface area contributed by atoms with Crippen molar-refractivity contribution in [2.45, 2.75) is 111 Å². The molecule has 0 heterocycles. The fraction of sp³-hybridized carbons (Fsp3) is 0.963. The summed E-state index contributed by atoms with van der Waals surface area (Å²) in [7, 11) is 1.49. The molecule has 0 aromatic carbocycles. The van der Waals surface area contributed by atoms with Gasteiger partial charge in [0.2, 0.25) is 0 Å². The Morgan fingerprint density at radius 3 is 2.45 bits per heavy atom. The summed E-state index contributed by atoms with van der Waals surface area (Å²) in [5.74, 6) is 2.50. The number of hydrogen-bond acceptors (Lipinski definition) is 4. The topological polar surface area (TPSA) is 66.8 Å². The molecule has 0 aromatic heterocycles. The second-order valence-corrected chi connectivity index (χ2v) is 12.4. The summed E-state index contributed by atoms with van der Waals surface area (Å²) < 4.78 is 4.92. The number of rotatable bonds is 5. The van der Waals surface area contributed by atoms with Crippen LogP contribution in [-0.2, 0) is 9.53 Å². The van der Waals surface area contributed by atoms with Gasteiger partial charge in [0.05, 0.1) is 19.3 Å². The quantitative estimate of drug-likeness (QED) is 0.573. The molecule has 0 saturated heterocycles. The molecule has 0 bridgehead atoms. The monoisotopic (exact) mass is 434 g/mol.